The number of methoxy groups -OCH3 is 2. The van der Waals surface area contributed by atoms with Gasteiger partial charge in [-0.3, -0.25) is 14.5 Å². The normalized spacial score (nSPS) is 15.2. The summed E-state index contributed by atoms with van der Waals surface area (Å²) in [7, 11) is 3.15. The molecule has 1 saturated heterocycles. The molecule has 0 saturated carbocycles. The number of amides is 2. The second-order valence-corrected chi connectivity index (χ2v) is 9.33. The van der Waals surface area contributed by atoms with E-state index in [1.54, 1.807) is 25.2 Å². The van der Waals surface area contributed by atoms with E-state index in [-0.39, 0.29) is 17.2 Å². The topological polar surface area (TPSA) is 67.9 Å². The molecule has 0 radical (unpaired) electrons. The second kappa shape index (κ2) is 11.8. The number of thioether (sulfide) groups is 1. The Morgan fingerprint density at radius 1 is 0.971 bits per heavy atom. The Labute approximate surface area is 210 Å². The van der Waals surface area contributed by atoms with E-state index in [0.29, 0.717) is 35.0 Å². The number of carbonyl (C=O) groups excluding carboxylic acids is 2. The highest BCUT2D eigenvalue weighted by molar-refractivity contribution is 8.00. The molecule has 1 atom stereocenters. The summed E-state index contributed by atoms with van der Waals surface area (Å²) in [6.07, 6.45) is 2.93. The summed E-state index contributed by atoms with van der Waals surface area (Å²) in [5.41, 5.74) is 3.38. The molecule has 1 aliphatic heterocycles. The van der Waals surface area contributed by atoms with E-state index >= 15 is 0 Å². The molecule has 0 spiro atoms. The molecule has 6 nitrogen and oxygen atoms in total. The summed E-state index contributed by atoms with van der Waals surface area (Å²) in [5.74, 6) is 1.33. The van der Waals surface area contributed by atoms with Crippen molar-refractivity contribution in [2.75, 3.05) is 31.4 Å². The van der Waals surface area contributed by atoms with Crippen molar-refractivity contribution in [2.24, 2.45) is 0 Å². The van der Waals surface area contributed by atoms with E-state index in [1.807, 2.05) is 54.6 Å². The van der Waals surface area contributed by atoms with Gasteiger partial charge in [0.05, 0.1) is 20.0 Å². The molecule has 1 aliphatic rings. The number of benzene rings is 3. The third-order valence-corrected chi connectivity index (χ3v) is 7.18. The number of ether oxygens (including phenoxy) is 2. The number of nitrogens with zero attached hydrogens (tertiary/aromatic N) is 1. The van der Waals surface area contributed by atoms with E-state index in [4.69, 9.17) is 9.47 Å². The van der Waals surface area contributed by atoms with Crippen LogP contribution in [0, 0.1) is 0 Å². The van der Waals surface area contributed by atoms with Gasteiger partial charge >= 0.3 is 0 Å². The average molecular weight is 491 g/mol. The van der Waals surface area contributed by atoms with Gasteiger partial charge in [0.25, 0.3) is 5.91 Å². The third kappa shape index (κ3) is 5.80. The molecule has 35 heavy (non-hydrogen) atoms. The summed E-state index contributed by atoms with van der Waals surface area (Å²) in [6, 6.07) is 23.3. The first-order valence-electron chi connectivity index (χ1n) is 11.7. The Morgan fingerprint density at radius 3 is 2.40 bits per heavy atom. The second-order valence-electron chi connectivity index (χ2n) is 8.26. The van der Waals surface area contributed by atoms with E-state index < -0.39 is 0 Å². The van der Waals surface area contributed by atoms with Gasteiger partial charge in [-0.1, -0.05) is 48.5 Å². The molecule has 1 N–H and O–H groups in total. The average Bonchev–Trinajstić information content (AvgIpc) is 3.29. The van der Waals surface area contributed by atoms with E-state index in [9.17, 15) is 9.59 Å². The molecule has 3 aromatic carbocycles. The number of hydrogen-bond donors (Lipinski definition) is 1. The Bertz CT molecular complexity index is 1150. The molecule has 1 heterocycles. The lowest BCUT2D eigenvalue weighted by Gasteiger charge is -2.27. The maximum atomic E-state index is 12.9. The van der Waals surface area contributed by atoms with Gasteiger partial charge in [0, 0.05) is 12.1 Å². The molecule has 182 valence electrons. The molecular weight excluding hydrogens is 460 g/mol. The fourth-order valence-corrected chi connectivity index (χ4v) is 5.37. The highest BCUT2D eigenvalue weighted by Crippen LogP contribution is 2.48. The van der Waals surface area contributed by atoms with Gasteiger partial charge in [0.2, 0.25) is 5.91 Å². The van der Waals surface area contributed by atoms with Crippen LogP contribution >= 0.6 is 11.8 Å². The lowest BCUT2D eigenvalue weighted by Crippen LogP contribution is -2.29. The maximum Gasteiger partial charge on any atom is 0.251 e. The van der Waals surface area contributed by atoms with Gasteiger partial charge in [-0.15, -0.1) is 11.8 Å². The van der Waals surface area contributed by atoms with Crippen LogP contribution in [0.4, 0.5) is 5.69 Å². The van der Waals surface area contributed by atoms with Crippen LogP contribution in [0.5, 0.6) is 11.5 Å². The number of unbranched alkanes of at least 4 members (excludes halogenated alkanes) is 1. The minimum absolute atomic E-state index is 0.0314. The van der Waals surface area contributed by atoms with E-state index in [2.05, 4.69) is 17.4 Å². The van der Waals surface area contributed by atoms with Crippen molar-refractivity contribution in [2.45, 2.75) is 24.6 Å². The zero-order valence-electron chi connectivity index (χ0n) is 20.0. The fourth-order valence-electron chi connectivity index (χ4n) is 4.22. The summed E-state index contributed by atoms with van der Waals surface area (Å²) < 4.78 is 11.1. The van der Waals surface area contributed by atoms with Crippen LogP contribution in [-0.2, 0) is 11.2 Å². The smallest absolute Gasteiger partial charge is 0.251 e. The highest BCUT2D eigenvalue weighted by Gasteiger charge is 2.37. The summed E-state index contributed by atoms with van der Waals surface area (Å²) >= 11 is 1.52. The number of aryl methyl sites for hydroxylation is 1. The van der Waals surface area contributed by atoms with Crippen molar-refractivity contribution < 1.29 is 19.1 Å². The largest absolute Gasteiger partial charge is 0.494 e. The number of carbonyl (C=O) groups is 2. The molecule has 7 heteroatoms. The van der Waals surface area contributed by atoms with Crippen LogP contribution < -0.4 is 19.7 Å². The van der Waals surface area contributed by atoms with Gasteiger partial charge in [-0.2, -0.15) is 0 Å². The first-order valence-corrected chi connectivity index (χ1v) is 12.7. The first kappa shape index (κ1) is 24.7. The Kier molecular flexibility index (Phi) is 8.32. The molecule has 1 fully saturated rings. The molecule has 0 bridgehead atoms. The van der Waals surface area contributed by atoms with Crippen LogP contribution in [0.15, 0.2) is 72.8 Å². The molecule has 2 amide bonds. The third-order valence-electron chi connectivity index (χ3n) is 5.97. The van der Waals surface area contributed by atoms with Gasteiger partial charge in [-0.25, -0.2) is 0 Å². The lowest BCUT2D eigenvalue weighted by molar-refractivity contribution is -0.115. The van der Waals surface area contributed by atoms with E-state index in [1.165, 1.54) is 17.3 Å². The van der Waals surface area contributed by atoms with Gasteiger partial charge in [0.1, 0.15) is 22.6 Å². The number of hydrogen-bond acceptors (Lipinski definition) is 5. The van der Waals surface area contributed by atoms with Crippen molar-refractivity contribution in [3.05, 3.63) is 89.5 Å². The molecule has 0 aliphatic carbocycles. The molecule has 0 aromatic heterocycles. The Morgan fingerprint density at radius 2 is 1.69 bits per heavy atom. The van der Waals surface area contributed by atoms with Crippen molar-refractivity contribution in [1.29, 1.82) is 0 Å². The number of anilines is 1. The molecule has 4 rings (SSSR count). The fraction of sp³-hybridized carbons (Fsp3) is 0.286. The minimum atomic E-state index is -0.286. The predicted molar refractivity (Wildman–Crippen MR) is 140 cm³/mol. The molecule has 3 aromatic rings. The van der Waals surface area contributed by atoms with Crippen molar-refractivity contribution >= 4 is 29.3 Å². The van der Waals surface area contributed by atoms with Gasteiger partial charge in [0.15, 0.2) is 0 Å². The Hall–Kier alpha value is -3.45. The van der Waals surface area contributed by atoms with Crippen LogP contribution in [0.3, 0.4) is 0 Å². The zero-order valence-corrected chi connectivity index (χ0v) is 20.8. The number of rotatable bonds is 10. The van der Waals surface area contributed by atoms with Crippen molar-refractivity contribution in [3.8, 4) is 11.5 Å². The predicted octanol–water partition coefficient (Wildman–Crippen LogP) is 5.24. The van der Waals surface area contributed by atoms with Crippen molar-refractivity contribution in [1.82, 2.24) is 5.32 Å². The monoisotopic (exact) mass is 490 g/mol. The molecular formula is C28H30N2O4S. The van der Waals surface area contributed by atoms with Crippen LogP contribution in [0.25, 0.3) is 0 Å². The van der Waals surface area contributed by atoms with Crippen LogP contribution in [-0.4, -0.2) is 38.3 Å². The Balaban J connectivity index is 1.44. The van der Waals surface area contributed by atoms with Gasteiger partial charge < -0.3 is 14.8 Å². The van der Waals surface area contributed by atoms with E-state index in [0.717, 1.165) is 24.8 Å². The molecule has 1 unspecified atom stereocenters. The SMILES string of the molecule is COc1cccc(OC)c1N1C(=O)CSC1c1cccc(C(=O)NCCCCc2ccccc2)c1. The standard InChI is InChI=1S/C28H30N2O4S/c1-33-23-15-9-16-24(34-2)26(23)30-25(31)19-35-28(30)22-14-8-13-21(18-22)27(32)29-17-7-6-12-20-10-4-3-5-11-20/h3-5,8-11,13-16,18,28H,6-7,12,17,19H2,1-2H3,(H,29,32). The first-order chi connectivity index (χ1) is 17.1. The van der Waals surface area contributed by atoms with Crippen molar-refractivity contribution in [3.63, 3.8) is 0 Å². The van der Waals surface area contributed by atoms with Crippen LogP contribution in [0.1, 0.15) is 39.7 Å². The zero-order chi connectivity index (χ0) is 24.6. The van der Waals surface area contributed by atoms with Crippen LogP contribution in [0.2, 0.25) is 0 Å². The highest BCUT2D eigenvalue weighted by atomic mass is 32.2. The minimum Gasteiger partial charge on any atom is -0.494 e. The summed E-state index contributed by atoms with van der Waals surface area (Å²) in [5, 5.41) is 2.74. The summed E-state index contributed by atoms with van der Waals surface area (Å²) in [6.45, 7) is 0.622. The lowest BCUT2D eigenvalue weighted by atomic mass is 10.1. The quantitative estimate of drug-likeness (QED) is 0.394. The summed E-state index contributed by atoms with van der Waals surface area (Å²) in [4.78, 5) is 27.5. The van der Waals surface area contributed by atoms with Gasteiger partial charge in [-0.05, 0) is 54.7 Å². The number of para-hydroxylation sites is 1. The maximum absolute atomic E-state index is 12.9. The number of nitrogens with one attached hydrogen (secondary N) is 1.